The first-order chi connectivity index (χ1) is 16.4. The lowest BCUT2D eigenvalue weighted by Gasteiger charge is -2.10. The molecule has 0 fully saturated rings. The Balaban J connectivity index is 1.72. The molecule has 4 aromatic rings. The van der Waals surface area contributed by atoms with Gasteiger partial charge in [0.15, 0.2) is 5.69 Å². The second kappa shape index (κ2) is 9.89. The Kier molecular flexibility index (Phi) is 6.75. The summed E-state index contributed by atoms with van der Waals surface area (Å²) >= 11 is 12.2. The minimum atomic E-state index is -0.629. The van der Waals surface area contributed by atoms with Gasteiger partial charge in [0.05, 0.1) is 22.4 Å². The van der Waals surface area contributed by atoms with Crippen LogP contribution in [0, 0.1) is 0 Å². The molecular weight excluding hydrogens is 483 g/mol. The lowest BCUT2D eigenvalue weighted by molar-refractivity contribution is 0.0950. The van der Waals surface area contributed by atoms with Crippen molar-refractivity contribution in [2.24, 2.45) is 5.10 Å². The third kappa shape index (κ3) is 4.56. The first-order valence-corrected chi connectivity index (χ1v) is 10.7. The number of aromatic nitrogens is 5. The van der Waals surface area contributed by atoms with Crippen molar-refractivity contribution in [1.29, 1.82) is 0 Å². The van der Waals surface area contributed by atoms with E-state index in [9.17, 15) is 4.79 Å². The van der Waals surface area contributed by atoms with Gasteiger partial charge in [-0.2, -0.15) is 9.78 Å². The second-order valence-corrected chi connectivity index (χ2v) is 7.68. The number of ether oxygens (including phenoxy) is 1. The molecule has 4 rings (SSSR count). The van der Waals surface area contributed by atoms with E-state index < -0.39 is 5.91 Å². The molecule has 0 radical (unpaired) electrons. The summed E-state index contributed by atoms with van der Waals surface area (Å²) in [7, 11) is 0. The van der Waals surface area contributed by atoms with Crippen LogP contribution in [0.2, 0.25) is 10.0 Å². The molecule has 0 saturated heterocycles. The van der Waals surface area contributed by atoms with Gasteiger partial charge in [-0.05, 0) is 48.4 Å². The molecule has 0 saturated carbocycles. The van der Waals surface area contributed by atoms with Crippen LogP contribution in [0.15, 0.2) is 52.2 Å². The molecule has 13 heteroatoms. The van der Waals surface area contributed by atoms with Crippen LogP contribution < -0.4 is 15.9 Å². The lowest BCUT2D eigenvalue weighted by atomic mass is 10.1. The predicted octanol–water partition coefficient (Wildman–Crippen LogP) is 3.76. The molecule has 3 N–H and O–H groups in total. The molecule has 0 atom stereocenters. The number of halogens is 2. The summed E-state index contributed by atoms with van der Waals surface area (Å²) < 4.78 is 11.5. The Morgan fingerprint density at radius 2 is 2.00 bits per heavy atom. The first kappa shape index (κ1) is 23.2. The van der Waals surface area contributed by atoms with Crippen LogP contribution in [0.4, 0.5) is 5.82 Å². The Labute approximate surface area is 203 Å². The van der Waals surface area contributed by atoms with E-state index >= 15 is 0 Å². The van der Waals surface area contributed by atoms with E-state index in [-0.39, 0.29) is 28.0 Å². The molecule has 174 valence electrons. The van der Waals surface area contributed by atoms with Crippen molar-refractivity contribution in [3.05, 3.63) is 63.8 Å². The zero-order valence-corrected chi connectivity index (χ0v) is 19.5. The number of nitrogens with two attached hydrogens (primary N) is 1. The molecule has 0 aliphatic carbocycles. The smallest absolute Gasteiger partial charge is 0.294 e. The van der Waals surface area contributed by atoms with Gasteiger partial charge in [-0.25, -0.2) is 10.1 Å². The average Bonchev–Trinajstić information content (AvgIpc) is 3.45. The molecular formula is C21H18Cl2N8O3. The number of nitrogens with one attached hydrogen (secondary N) is 1. The van der Waals surface area contributed by atoms with Gasteiger partial charge in [0.1, 0.15) is 11.4 Å². The average molecular weight is 501 g/mol. The first-order valence-electron chi connectivity index (χ1n) is 9.97. The Morgan fingerprint density at radius 1 is 1.21 bits per heavy atom. The SMILES string of the molecule is CCOc1ccccc1/C(C)=N/NC(=O)c1nnn(-c2nonc2N)c1-c1ccc(Cl)c(Cl)c1. The maximum absolute atomic E-state index is 13.1. The number of para-hydroxylation sites is 1. The fourth-order valence-electron chi connectivity index (χ4n) is 3.12. The zero-order chi connectivity index (χ0) is 24.2. The number of carbonyl (C=O) groups excluding carboxylic acids is 1. The number of nitrogen functional groups attached to an aromatic ring is 1. The van der Waals surface area contributed by atoms with Crippen molar-refractivity contribution in [3.63, 3.8) is 0 Å². The van der Waals surface area contributed by atoms with E-state index in [4.69, 9.17) is 33.7 Å². The molecule has 0 aliphatic rings. The second-order valence-electron chi connectivity index (χ2n) is 6.87. The van der Waals surface area contributed by atoms with Crippen molar-refractivity contribution in [2.45, 2.75) is 13.8 Å². The zero-order valence-electron chi connectivity index (χ0n) is 18.0. The number of rotatable bonds is 7. The van der Waals surface area contributed by atoms with Crippen LogP contribution in [-0.4, -0.2) is 43.5 Å². The topological polar surface area (TPSA) is 146 Å². The fraction of sp³-hybridized carbons (Fsp3) is 0.143. The van der Waals surface area contributed by atoms with Gasteiger partial charge in [0, 0.05) is 11.1 Å². The van der Waals surface area contributed by atoms with Gasteiger partial charge in [-0.3, -0.25) is 4.79 Å². The van der Waals surface area contributed by atoms with Gasteiger partial charge in [-0.1, -0.05) is 46.6 Å². The van der Waals surface area contributed by atoms with E-state index in [1.807, 2.05) is 31.2 Å². The molecule has 1 amide bonds. The molecule has 0 aliphatic heterocycles. The Morgan fingerprint density at radius 3 is 2.71 bits per heavy atom. The summed E-state index contributed by atoms with van der Waals surface area (Å²) in [6.45, 7) is 4.12. The molecule has 0 unspecified atom stereocenters. The monoisotopic (exact) mass is 500 g/mol. The van der Waals surface area contributed by atoms with E-state index in [1.165, 1.54) is 4.68 Å². The van der Waals surface area contributed by atoms with Crippen LogP contribution in [0.1, 0.15) is 29.9 Å². The number of hydrogen-bond donors (Lipinski definition) is 2. The third-order valence-electron chi connectivity index (χ3n) is 4.68. The largest absolute Gasteiger partial charge is 0.493 e. The summed E-state index contributed by atoms with van der Waals surface area (Å²) in [4.78, 5) is 13.1. The number of hydrogen-bond acceptors (Lipinski definition) is 9. The standard InChI is InChI=1S/C21H18Cl2N8O3/c1-3-33-16-7-5-4-6-13(16)11(2)25-27-21(32)17-18(12-8-9-14(22)15(23)10-12)31(30-26-17)20-19(24)28-34-29-20/h4-10H,3H2,1-2H3,(H2,24,28)(H,27,32)/b25-11+. The minimum Gasteiger partial charge on any atom is -0.493 e. The summed E-state index contributed by atoms with van der Waals surface area (Å²) in [5.41, 5.74) is 10.3. The summed E-state index contributed by atoms with van der Waals surface area (Å²) in [6.07, 6.45) is 0. The minimum absolute atomic E-state index is 0.0421. The molecule has 34 heavy (non-hydrogen) atoms. The maximum Gasteiger partial charge on any atom is 0.294 e. The van der Waals surface area contributed by atoms with Crippen LogP contribution in [0.3, 0.4) is 0 Å². The molecule has 2 aromatic carbocycles. The number of nitrogens with zero attached hydrogens (tertiary/aromatic N) is 6. The van der Waals surface area contributed by atoms with Crippen molar-refractivity contribution >= 4 is 40.6 Å². The fourth-order valence-corrected chi connectivity index (χ4v) is 3.42. The van der Waals surface area contributed by atoms with Crippen molar-refractivity contribution in [3.8, 4) is 22.8 Å². The number of amides is 1. The molecule has 0 bridgehead atoms. The Hall–Kier alpha value is -3.96. The van der Waals surface area contributed by atoms with Gasteiger partial charge < -0.3 is 10.5 Å². The third-order valence-corrected chi connectivity index (χ3v) is 5.42. The number of hydrazone groups is 1. The highest BCUT2D eigenvalue weighted by Crippen LogP contribution is 2.31. The van der Waals surface area contributed by atoms with Gasteiger partial charge in [-0.15, -0.1) is 5.10 Å². The predicted molar refractivity (Wildman–Crippen MR) is 126 cm³/mol. The van der Waals surface area contributed by atoms with Crippen LogP contribution in [0.25, 0.3) is 17.1 Å². The maximum atomic E-state index is 13.1. The van der Waals surface area contributed by atoms with E-state index in [0.29, 0.717) is 28.7 Å². The van der Waals surface area contributed by atoms with Crippen molar-refractivity contribution in [2.75, 3.05) is 12.3 Å². The highest BCUT2D eigenvalue weighted by Gasteiger charge is 2.25. The number of anilines is 1. The molecule has 2 heterocycles. The highest BCUT2D eigenvalue weighted by molar-refractivity contribution is 6.42. The van der Waals surface area contributed by atoms with Crippen LogP contribution in [-0.2, 0) is 0 Å². The molecule has 0 spiro atoms. The Bertz CT molecular complexity index is 1380. The normalized spacial score (nSPS) is 11.5. The van der Waals surface area contributed by atoms with E-state index in [1.54, 1.807) is 25.1 Å². The van der Waals surface area contributed by atoms with E-state index in [0.717, 1.165) is 5.56 Å². The number of carbonyl (C=O) groups is 1. The van der Waals surface area contributed by atoms with Crippen molar-refractivity contribution < 1.29 is 14.2 Å². The number of benzene rings is 2. The van der Waals surface area contributed by atoms with Gasteiger partial charge >= 0.3 is 0 Å². The van der Waals surface area contributed by atoms with Gasteiger partial charge in [0.2, 0.25) is 11.6 Å². The summed E-state index contributed by atoms with van der Waals surface area (Å²) in [5, 5.41) is 20.1. The summed E-state index contributed by atoms with van der Waals surface area (Å²) in [6, 6.07) is 12.2. The van der Waals surface area contributed by atoms with Crippen LogP contribution >= 0.6 is 23.2 Å². The van der Waals surface area contributed by atoms with E-state index in [2.05, 4.69) is 35.8 Å². The highest BCUT2D eigenvalue weighted by atomic mass is 35.5. The summed E-state index contributed by atoms with van der Waals surface area (Å²) in [5.74, 6) is 0.0325. The van der Waals surface area contributed by atoms with Crippen LogP contribution in [0.5, 0.6) is 5.75 Å². The molecule has 2 aromatic heterocycles. The molecule has 11 nitrogen and oxygen atoms in total. The van der Waals surface area contributed by atoms with Gasteiger partial charge in [0.25, 0.3) is 5.91 Å². The van der Waals surface area contributed by atoms with Crippen molar-refractivity contribution in [1.82, 2.24) is 30.7 Å². The quantitative estimate of drug-likeness (QED) is 0.288. The lowest BCUT2D eigenvalue weighted by Crippen LogP contribution is -2.21.